The van der Waals surface area contributed by atoms with Gasteiger partial charge in [-0.05, 0) is 23.8 Å². The molecule has 1 aromatic heterocycles. The number of hydrogen-bond acceptors (Lipinski definition) is 3. The van der Waals surface area contributed by atoms with Gasteiger partial charge in [0.1, 0.15) is 5.82 Å². The zero-order valence-electron chi connectivity index (χ0n) is 13.2. The summed E-state index contributed by atoms with van der Waals surface area (Å²) >= 11 is 0. The third-order valence-electron chi connectivity index (χ3n) is 3.85. The van der Waals surface area contributed by atoms with Gasteiger partial charge in [0, 0.05) is 19.7 Å². The average Bonchev–Trinajstić information content (AvgIpc) is 2.90. The van der Waals surface area contributed by atoms with Crippen LogP contribution in [0.5, 0.6) is 0 Å². The van der Waals surface area contributed by atoms with Crippen molar-refractivity contribution in [2.75, 3.05) is 7.11 Å². The number of amides is 1. The number of ether oxygens (including phenoxy) is 1. The van der Waals surface area contributed by atoms with Gasteiger partial charge in [-0.1, -0.05) is 30.3 Å². The second-order valence-corrected chi connectivity index (χ2v) is 5.35. The van der Waals surface area contributed by atoms with Crippen LogP contribution in [0.25, 0.3) is 11.0 Å². The molecular formula is C18H19N3O2. The van der Waals surface area contributed by atoms with Gasteiger partial charge >= 0.3 is 0 Å². The maximum atomic E-state index is 12.4. The number of nitrogens with one attached hydrogen (secondary N) is 1. The van der Waals surface area contributed by atoms with Crippen LogP contribution in [-0.4, -0.2) is 22.6 Å². The number of methoxy groups -OCH3 is 1. The van der Waals surface area contributed by atoms with Crippen LogP contribution in [0.2, 0.25) is 0 Å². The lowest BCUT2D eigenvalue weighted by Gasteiger charge is -2.09. The van der Waals surface area contributed by atoms with Crippen molar-refractivity contribution < 1.29 is 9.53 Å². The number of carbonyl (C=O) groups is 1. The van der Waals surface area contributed by atoms with Crippen LogP contribution in [0.1, 0.15) is 21.7 Å². The van der Waals surface area contributed by atoms with E-state index in [1.165, 1.54) is 0 Å². The number of benzene rings is 2. The van der Waals surface area contributed by atoms with E-state index in [9.17, 15) is 4.79 Å². The zero-order valence-corrected chi connectivity index (χ0v) is 13.2. The molecule has 0 aliphatic rings. The van der Waals surface area contributed by atoms with Gasteiger partial charge in [-0.25, -0.2) is 4.98 Å². The monoisotopic (exact) mass is 309 g/mol. The topological polar surface area (TPSA) is 56.1 Å². The Labute approximate surface area is 134 Å². The quantitative estimate of drug-likeness (QED) is 0.788. The number of nitrogens with zero attached hydrogens (tertiary/aromatic N) is 2. The Balaban J connectivity index is 1.77. The minimum Gasteiger partial charge on any atom is -0.380 e. The SMILES string of the molecule is COCc1ccccc1C(=O)NCc1nc2ccccc2n1C. The number of imidazole rings is 1. The van der Waals surface area contributed by atoms with Gasteiger partial charge in [-0.2, -0.15) is 0 Å². The third-order valence-corrected chi connectivity index (χ3v) is 3.85. The zero-order chi connectivity index (χ0) is 16.2. The van der Waals surface area contributed by atoms with Gasteiger partial charge in [0.05, 0.1) is 24.2 Å². The first kappa shape index (κ1) is 15.2. The Bertz CT molecular complexity index is 839. The highest BCUT2D eigenvalue weighted by molar-refractivity contribution is 5.95. The molecule has 0 atom stereocenters. The average molecular weight is 309 g/mol. The summed E-state index contributed by atoms with van der Waals surface area (Å²) in [6.07, 6.45) is 0. The van der Waals surface area contributed by atoms with E-state index in [-0.39, 0.29) is 5.91 Å². The van der Waals surface area contributed by atoms with Crippen molar-refractivity contribution in [1.82, 2.24) is 14.9 Å². The summed E-state index contributed by atoms with van der Waals surface area (Å²) in [6.45, 7) is 0.793. The highest BCUT2D eigenvalue weighted by Gasteiger charge is 2.12. The lowest BCUT2D eigenvalue weighted by atomic mass is 10.1. The van der Waals surface area contributed by atoms with Crippen molar-refractivity contribution >= 4 is 16.9 Å². The number of aryl methyl sites for hydroxylation is 1. The molecule has 0 unspecified atom stereocenters. The number of para-hydroxylation sites is 2. The van der Waals surface area contributed by atoms with E-state index in [0.29, 0.717) is 18.7 Å². The number of hydrogen-bond donors (Lipinski definition) is 1. The van der Waals surface area contributed by atoms with Gasteiger partial charge < -0.3 is 14.6 Å². The maximum Gasteiger partial charge on any atom is 0.252 e. The first-order chi connectivity index (χ1) is 11.2. The molecule has 0 aliphatic carbocycles. The molecule has 3 aromatic rings. The summed E-state index contributed by atoms with van der Waals surface area (Å²) in [4.78, 5) is 17.0. The van der Waals surface area contributed by atoms with Gasteiger partial charge in [0.25, 0.3) is 5.91 Å². The molecule has 3 rings (SSSR count). The van der Waals surface area contributed by atoms with E-state index in [0.717, 1.165) is 22.4 Å². The van der Waals surface area contributed by atoms with Crippen LogP contribution in [0.4, 0.5) is 0 Å². The maximum absolute atomic E-state index is 12.4. The molecule has 0 saturated carbocycles. The normalized spacial score (nSPS) is 10.9. The first-order valence-corrected chi connectivity index (χ1v) is 7.46. The number of carbonyl (C=O) groups excluding carboxylic acids is 1. The Morgan fingerprint density at radius 1 is 1.17 bits per heavy atom. The van der Waals surface area contributed by atoms with E-state index in [2.05, 4.69) is 10.3 Å². The Morgan fingerprint density at radius 2 is 1.91 bits per heavy atom. The smallest absolute Gasteiger partial charge is 0.252 e. The fraction of sp³-hybridized carbons (Fsp3) is 0.222. The van der Waals surface area contributed by atoms with Crippen LogP contribution in [-0.2, 0) is 24.9 Å². The van der Waals surface area contributed by atoms with Gasteiger partial charge in [0.15, 0.2) is 0 Å². The van der Waals surface area contributed by atoms with Crippen LogP contribution in [0.3, 0.4) is 0 Å². The fourth-order valence-corrected chi connectivity index (χ4v) is 2.63. The first-order valence-electron chi connectivity index (χ1n) is 7.46. The van der Waals surface area contributed by atoms with Crippen LogP contribution in [0, 0.1) is 0 Å². The van der Waals surface area contributed by atoms with E-state index in [4.69, 9.17) is 4.74 Å². The summed E-state index contributed by atoms with van der Waals surface area (Å²) in [6, 6.07) is 15.4. The highest BCUT2D eigenvalue weighted by atomic mass is 16.5. The van der Waals surface area contributed by atoms with Gasteiger partial charge in [-0.3, -0.25) is 4.79 Å². The molecule has 0 fully saturated rings. The number of rotatable bonds is 5. The van der Waals surface area contributed by atoms with E-state index >= 15 is 0 Å². The van der Waals surface area contributed by atoms with Crippen molar-refractivity contribution in [3.8, 4) is 0 Å². The van der Waals surface area contributed by atoms with Crippen molar-refractivity contribution in [3.63, 3.8) is 0 Å². The Morgan fingerprint density at radius 3 is 2.70 bits per heavy atom. The van der Waals surface area contributed by atoms with Crippen molar-refractivity contribution in [2.45, 2.75) is 13.2 Å². The van der Waals surface area contributed by atoms with Gasteiger partial charge in [-0.15, -0.1) is 0 Å². The molecule has 5 heteroatoms. The Kier molecular flexibility index (Phi) is 4.39. The molecule has 1 heterocycles. The molecule has 0 saturated heterocycles. The Hall–Kier alpha value is -2.66. The molecule has 1 N–H and O–H groups in total. The lowest BCUT2D eigenvalue weighted by Crippen LogP contribution is -2.25. The van der Waals surface area contributed by atoms with E-state index in [1.54, 1.807) is 13.2 Å². The number of aromatic nitrogens is 2. The fourth-order valence-electron chi connectivity index (χ4n) is 2.63. The largest absolute Gasteiger partial charge is 0.380 e. The predicted octanol–water partition coefficient (Wildman–Crippen LogP) is 2.65. The standard InChI is InChI=1S/C18H19N3O2/c1-21-16-10-6-5-9-15(16)20-17(21)11-19-18(22)14-8-4-3-7-13(14)12-23-2/h3-10H,11-12H2,1-2H3,(H,19,22). The minimum atomic E-state index is -0.121. The molecule has 5 nitrogen and oxygen atoms in total. The summed E-state index contributed by atoms with van der Waals surface area (Å²) in [5, 5.41) is 2.94. The second-order valence-electron chi connectivity index (χ2n) is 5.35. The van der Waals surface area contributed by atoms with Crippen molar-refractivity contribution in [3.05, 3.63) is 65.5 Å². The van der Waals surface area contributed by atoms with E-state index < -0.39 is 0 Å². The van der Waals surface area contributed by atoms with Crippen molar-refractivity contribution in [1.29, 1.82) is 0 Å². The summed E-state index contributed by atoms with van der Waals surface area (Å²) in [5.41, 5.74) is 3.49. The molecule has 118 valence electrons. The minimum absolute atomic E-state index is 0.121. The molecule has 0 bridgehead atoms. The summed E-state index contributed by atoms with van der Waals surface area (Å²) < 4.78 is 7.14. The molecule has 0 aliphatic heterocycles. The lowest BCUT2D eigenvalue weighted by molar-refractivity contribution is 0.0944. The molecule has 0 spiro atoms. The van der Waals surface area contributed by atoms with Crippen molar-refractivity contribution in [2.24, 2.45) is 7.05 Å². The highest BCUT2D eigenvalue weighted by Crippen LogP contribution is 2.14. The summed E-state index contributed by atoms with van der Waals surface area (Å²) in [7, 11) is 3.57. The second kappa shape index (κ2) is 6.62. The molecule has 0 radical (unpaired) electrons. The predicted molar refractivity (Wildman–Crippen MR) is 89.0 cm³/mol. The molecule has 23 heavy (non-hydrogen) atoms. The summed E-state index contributed by atoms with van der Waals surface area (Å²) in [5.74, 6) is 0.702. The van der Waals surface area contributed by atoms with Crippen LogP contribution < -0.4 is 5.32 Å². The molecule has 2 aromatic carbocycles. The molecule has 1 amide bonds. The number of fused-ring (bicyclic) bond motifs is 1. The third kappa shape index (κ3) is 3.10. The van der Waals surface area contributed by atoms with E-state index in [1.807, 2.05) is 54.1 Å². The van der Waals surface area contributed by atoms with Gasteiger partial charge in [0.2, 0.25) is 0 Å². The molecular weight excluding hydrogens is 290 g/mol. The van der Waals surface area contributed by atoms with Crippen LogP contribution in [0.15, 0.2) is 48.5 Å². The van der Waals surface area contributed by atoms with Crippen LogP contribution >= 0.6 is 0 Å².